The largest absolute Gasteiger partial charge is 0.489 e. The maximum atomic E-state index is 6.31. The zero-order valence-electron chi connectivity index (χ0n) is 17.7. The van der Waals surface area contributed by atoms with Gasteiger partial charge in [-0.1, -0.05) is 78.9 Å². The molecule has 4 aromatic carbocycles. The van der Waals surface area contributed by atoms with Gasteiger partial charge in [0.15, 0.2) is 0 Å². The van der Waals surface area contributed by atoms with E-state index in [1.54, 1.807) is 0 Å². The maximum Gasteiger partial charge on any atom is 0.142 e. The zero-order chi connectivity index (χ0) is 21.6. The summed E-state index contributed by atoms with van der Waals surface area (Å²) in [6.45, 7) is 1.07. The second-order valence-corrected chi connectivity index (χ2v) is 7.72. The normalized spacial score (nSPS) is 14.3. The first-order valence-electron chi connectivity index (χ1n) is 10.8. The summed E-state index contributed by atoms with van der Waals surface area (Å²) in [4.78, 5) is 0. The second-order valence-electron chi connectivity index (χ2n) is 7.72. The van der Waals surface area contributed by atoms with E-state index in [-0.39, 0.29) is 6.10 Å². The fourth-order valence-electron chi connectivity index (χ4n) is 3.65. The Morgan fingerprint density at radius 3 is 1.97 bits per heavy atom. The second kappa shape index (κ2) is 9.44. The molecule has 0 N–H and O–H groups in total. The van der Waals surface area contributed by atoms with E-state index < -0.39 is 0 Å². The molecule has 0 amide bonds. The van der Waals surface area contributed by atoms with Gasteiger partial charge in [-0.05, 0) is 47.0 Å². The van der Waals surface area contributed by atoms with Gasteiger partial charge < -0.3 is 14.2 Å². The maximum absolute atomic E-state index is 6.31. The predicted molar refractivity (Wildman–Crippen MR) is 127 cm³/mol. The van der Waals surface area contributed by atoms with Crippen LogP contribution in [0.3, 0.4) is 0 Å². The summed E-state index contributed by atoms with van der Waals surface area (Å²) in [7, 11) is 0. The Morgan fingerprint density at radius 1 is 0.625 bits per heavy atom. The van der Waals surface area contributed by atoms with Crippen LogP contribution in [0.1, 0.15) is 28.4 Å². The van der Waals surface area contributed by atoms with Crippen LogP contribution in [0.15, 0.2) is 109 Å². The highest BCUT2D eigenvalue weighted by Gasteiger charge is 2.18. The highest BCUT2D eigenvalue weighted by Crippen LogP contribution is 2.36. The van der Waals surface area contributed by atoms with Gasteiger partial charge in [0, 0.05) is 11.6 Å². The van der Waals surface area contributed by atoms with Gasteiger partial charge >= 0.3 is 0 Å². The van der Waals surface area contributed by atoms with Gasteiger partial charge in [-0.15, -0.1) is 0 Å². The minimum absolute atomic E-state index is 0.174. The quantitative estimate of drug-likeness (QED) is 0.322. The molecule has 1 aliphatic heterocycles. The predicted octanol–water partition coefficient (Wildman–Crippen LogP) is 6.99. The highest BCUT2D eigenvalue weighted by atomic mass is 16.5. The van der Waals surface area contributed by atoms with E-state index >= 15 is 0 Å². The number of hydrogen-bond acceptors (Lipinski definition) is 3. The van der Waals surface area contributed by atoms with Crippen LogP contribution < -0.4 is 14.2 Å². The molecule has 158 valence electrons. The monoisotopic (exact) mass is 420 g/mol. The van der Waals surface area contributed by atoms with Gasteiger partial charge in [0.05, 0.1) is 0 Å². The lowest BCUT2D eigenvalue weighted by Crippen LogP contribution is -2.09. The minimum Gasteiger partial charge on any atom is -0.489 e. The molecule has 0 spiro atoms. The van der Waals surface area contributed by atoms with E-state index in [1.807, 2.05) is 72.8 Å². The fourth-order valence-corrected chi connectivity index (χ4v) is 3.65. The summed E-state index contributed by atoms with van der Waals surface area (Å²) >= 11 is 0. The van der Waals surface area contributed by atoms with Gasteiger partial charge in [-0.2, -0.15) is 0 Å². The van der Waals surface area contributed by atoms with Crippen LogP contribution in [0.4, 0.5) is 0 Å². The van der Waals surface area contributed by atoms with Crippen molar-refractivity contribution in [3.8, 4) is 17.2 Å². The first-order chi connectivity index (χ1) is 15.8. The van der Waals surface area contributed by atoms with Crippen LogP contribution in [0.25, 0.3) is 6.08 Å². The third-order valence-corrected chi connectivity index (χ3v) is 5.37. The molecular formula is C29H24O3. The van der Waals surface area contributed by atoms with Crippen LogP contribution in [-0.4, -0.2) is 0 Å². The summed E-state index contributed by atoms with van der Waals surface area (Å²) in [6.07, 6.45) is 4.00. The smallest absolute Gasteiger partial charge is 0.142 e. The number of rotatable bonds is 7. The van der Waals surface area contributed by atoms with Gasteiger partial charge in [0.1, 0.15) is 36.6 Å². The van der Waals surface area contributed by atoms with Crippen LogP contribution in [0.2, 0.25) is 0 Å². The molecule has 1 heterocycles. The fraction of sp³-hybridized carbons (Fsp3) is 0.103. The lowest BCUT2D eigenvalue weighted by Gasteiger charge is -2.23. The molecule has 3 heteroatoms. The molecule has 3 nitrogen and oxygen atoms in total. The molecule has 0 aromatic heterocycles. The molecule has 0 fully saturated rings. The van der Waals surface area contributed by atoms with Crippen LogP contribution in [-0.2, 0) is 13.2 Å². The van der Waals surface area contributed by atoms with E-state index in [4.69, 9.17) is 14.2 Å². The first kappa shape index (κ1) is 20.0. The molecule has 0 aliphatic carbocycles. The molecule has 32 heavy (non-hydrogen) atoms. The van der Waals surface area contributed by atoms with E-state index in [9.17, 15) is 0 Å². The van der Waals surface area contributed by atoms with Crippen LogP contribution in [0, 0.1) is 0 Å². The Morgan fingerprint density at radius 2 is 1.28 bits per heavy atom. The van der Waals surface area contributed by atoms with Crippen molar-refractivity contribution < 1.29 is 14.2 Å². The van der Waals surface area contributed by atoms with Gasteiger partial charge in [-0.25, -0.2) is 0 Å². The van der Waals surface area contributed by atoms with Crippen molar-refractivity contribution in [3.05, 3.63) is 131 Å². The van der Waals surface area contributed by atoms with Crippen molar-refractivity contribution in [1.29, 1.82) is 0 Å². The first-order valence-corrected chi connectivity index (χ1v) is 10.8. The number of fused-ring (bicyclic) bond motifs is 1. The molecule has 5 rings (SSSR count). The van der Waals surface area contributed by atoms with E-state index in [1.165, 1.54) is 0 Å². The van der Waals surface area contributed by atoms with E-state index in [0.29, 0.717) is 13.2 Å². The van der Waals surface area contributed by atoms with Crippen molar-refractivity contribution in [2.75, 3.05) is 0 Å². The molecule has 4 aromatic rings. The Balaban J connectivity index is 1.26. The Hall–Kier alpha value is -3.98. The lowest BCUT2D eigenvalue weighted by molar-refractivity contribution is 0.246. The Bertz CT molecular complexity index is 1200. The third-order valence-electron chi connectivity index (χ3n) is 5.37. The van der Waals surface area contributed by atoms with Gasteiger partial charge in [0.25, 0.3) is 0 Å². The van der Waals surface area contributed by atoms with Gasteiger partial charge in [0.2, 0.25) is 0 Å². The lowest BCUT2D eigenvalue weighted by atomic mass is 10.0. The molecule has 0 bridgehead atoms. The number of benzene rings is 4. The van der Waals surface area contributed by atoms with Crippen molar-refractivity contribution >= 4 is 6.08 Å². The van der Waals surface area contributed by atoms with E-state index in [0.717, 1.165) is 39.5 Å². The topological polar surface area (TPSA) is 27.7 Å². The Labute approximate surface area is 188 Å². The van der Waals surface area contributed by atoms with Gasteiger partial charge in [-0.3, -0.25) is 0 Å². The summed E-state index contributed by atoms with van der Waals surface area (Å²) in [5, 5.41) is 0. The van der Waals surface area contributed by atoms with Crippen molar-refractivity contribution in [1.82, 2.24) is 0 Å². The molecule has 0 radical (unpaired) electrons. The highest BCUT2D eigenvalue weighted by molar-refractivity contribution is 5.62. The number of ether oxygens (including phenoxy) is 3. The average molecular weight is 421 g/mol. The SMILES string of the molecule is C1=CC(c2cccc(OCc3ccccc3)c2)Oc2cc(OCc3ccccc3)ccc21. The summed E-state index contributed by atoms with van der Waals surface area (Å²) in [5.74, 6) is 2.44. The van der Waals surface area contributed by atoms with Crippen molar-refractivity contribution in [2.45, 2.75) is 19.3 Å². The minimum atomic E-state index is -0.174. The zero-order valence-corrected chi connectivity index (χ0v) is 17.7. The summed E-state index contributed by atoms with van der Waals surface area (Å²) in [5.41, 5.74) is 4.37. The summed E-state index contributed by atoms with van der Waals surface area (Å²) in [6, 6.07) is 34.4. The average Bonchev–Trinajstić information content (AvgIpc) is 2.87. The molecule has 1 aliphatic rings. The van der Waals surface area contributed by atoms with Crippen molar-refractivity contribution in [2.24, 2.45) is 0 Å². The molecule has 0 saturated heterocycles. The third kappa shape index (κ3) is 4.84. The van der Waals surface area contributed by atoms with Crippen molar-refractivity contribution in [3.63, 3.8) is 0 Å². The number of hydrogen-bond donors (Lipinski definition) is 0. The molecule has 1 atom stereocenters. The van der Waals surface area contributed by atoms with Crippen LogP contribution >= 0.6 is 0 Å². The molecule has 1 unspecified atom stereocenters. The summed E-state index contributed by atoms with van der Waals surface area (Å²) < 4.78 is 18.3. The van der Waals surface area contributed by atoms with Crippen LogP contribution in [0.5, 0.6) is 17.2 Å². The Kier molecular flexibility index (Phi) is 5.89. The standard InChI is InChI=1S/C29H24O3/c1-3-8-22(9-4-1)20-30-26-13-7-12-25(18-26)28-17-15-24-14-16-27(19-29(24)32-28)31-21-23-10-5-2-6-11-23/h1-19,28H,20-21H2. The van der Waals surface area contributed by atoms with E-state index in [2.05, 4.69) is 42.5 Å². The molecular weight excluding hydrogens is 396 g/mol. The molecule has 0 saturated carbocycles.